The molecule has 1 aliphatic rings. The van der Waals surface area contributed by atoms with E-state index in [0.29, 0.717) is 32.1 Å². The van der Waals surface area contributed by atoms with Crippen molar-refractivity contribution in [3.8, 4) is 0 Å². The first-order chi connectivity index (χ1) is 8.72. The van der Waals surface area contributed by atoms with Gasteiger partial charge in [0.2, 0.25) is 12.4 Å². The van der Waals surface area contributed by atoms with Crippen molar-refractivity contribution < 1.29 is 4.79 Å². The van der Waals surface area contributed by atoms with Crippen LogP contribution in [0.2, 0.25) is 0 Å². The van der Waals surface area contributed by atoms with Gasteiger partial charge in [-0.2, -0.15) is 0 Å². The van der Waals surface area contributed by atoms with Crippen molar-refractivity contribution in [2.24, 2.45) is 0 Å². The Bertz CT molecular complexity index is 463. The van der Waals surface area contributed by atoms with Crippen LogP contribution in [0.4, 0.5) is 5.95 Å². The molecule has 2 heterocycles. The summed E-state index contributed by atoms with van der Waals surface area (Å²) in [4.78, 5) is 33.2. The number of piperazine rings is 1. The molecule has 1 saturated heterocycles. The molecule has 0 saturated carbocycles. The lowest BCUT2D eigenvalue weighted by atomic mass is 10.2. The number of aryl methyl sites for hydroxylation is 1. The summed E-state index contributed by atoms with van der Waals surface area (Å²) in [5, 5.41) is 0. The van der Waals surface area contributed by atoms with Crippen LogP contribution >= 0.6 is 0 Å². The van der Waals surface area contributed by atoms with E-state index in [-0.39, 0.29) is 5.56 Å². The molecule has 1 aliphatic heterocycles. The van der Waals surface area contributed by atoms with Crippen LogP contribution in [-0.4, -0.2) is 47.5 Å². The smallest absolute Gasteiger partial charge is 0.252 e. The summed E-state index contributed by atoms with van der Waals surface area (Å²) in [7, 11) is 0. The van der Waals surface area contributed by atoms with Gasteiger partial charge in [0.05, 0.1) is 0 Å². The number of carbonyl (C=O) groups is 1. The van der Waals surface area contributed by atoms with Crippen molar-refractivity contribution in [3.63, 3.8) is 0 Å². The molecule has 1 aromatic heterocycles. The van der Waals surface area contributed by atoms with E-state index in [4.69, 9.17) is 0 Å². The summed E-state index contributed by atoms with van der Waals surface area (Å²) in [6.07, 6.45) is 2.64. The maximum Gasteiger partial charge on any atom is 0.252 e. The first kappa shape index (κ1) is 12.6. The molecule has 1 amide bonds. The summed E-state index contributed by atoms with van der Waals surface area (Å²) in [6, 6.07) is 1.55. The summed E-state index contributed by atoms with van der Waals surface area (Å²) in [5.41, 5.74) is 0.718. The molecule has 18 heavy (non-hydrogen) atoms. The largest absolute Gasteiger partial charge is 0.342 e. The predicted octanol–water partition coefficient (Wildman–Crippen LogP) is 0.000800. The number of hydrogen-bond donors (Lipinski definition) is 1. The first-order valence-electron chi connectivity index (χ1n) is 6.27. The normalized spacial score (nSPS) is 15.8. The van der Waals surface area contributed by atoms with E-state index in [1.54, 1.807) is 11.0 Å². The number of rotatable bonds is 4. The molecule has 6 nitrogen and oxygen atoms in total. The maximum absolute atomic E-state index is 11.6. The average Bonchev–Trinajstić information content (AvgIpc) is 2.38. The van der Waals surface area contributed by atoms with Gasteiger partial charge < -0.3 is 9.80 Å². The van der Waals surface area contributed by atoms with Crippen LogP contribution in [-0.2, 0) is 11.2 Å². The van der Waals surface area contributed by atoms with Gasteiger partial charge in [0.25, 0.3) is 5.56 Å². The van der Waals surface area contributed by atoms with Crippen LogP contribution in [0, 0.1) is 0 Å². The molecule has 0 radical (unpaired) electrons. The van der Waals surface area contributed by atoms with Crippen molar-refractivity contribution in [1.29, 1.82) is 0 Å². The fraction of sp³-hybridized carbons (Fsp3) is 0.583. The third-order valence-electron chi connectivity index (χ3n) is 3.05. The summed E-state index contributed by atoms with van der Waals surface area (Å²) >= 11 is 0. The lowest BCUT2D eigenvalue weighted by Gasteiger charge is -2.32. The minimum atomic E-state index is -0.110. The van der Waals surface area contributed by atoms with Crippen LogP contribution in [0.15, 0.2) is 10.9 Å². The number of aromatic nitrogens is 2. The average molecular weight is 250 g/mol. The van der Waals surface area contributed by atoms with Gasteiger partial charge in [-0.1, -0.05) is 13.3 Å². The van der Waals surface area contributed by atoms with Crippen LogP contribution < -0.4 is 10.5 Å². The fourth-order valence-electron chi connectivity index (χ4n) is 2.07. The summed E-state index contributed by atoms with van der Waals surface area (Å²) in [6.45, 7) is 4.82. The Morgan fingerprint density at radius 2 is 2.11 bits per heavy atom. The van der Waals surface area contributed by atoms with Crippen LogP contribution in [0.5, 0.6) is 0 Å². The van der Waals surface area contributed by atoms with E-state index in [1.165, 1.54) is 0 Å². The minimum absolute atomic E-state index is 0.110. The zero-order chi connectivity index (χ0) is 13.0. The Labute approximate surface area is 106 Å². The molecule has 6 heteroatoms. The highest BCUT2D eigenvalue weighted by Crippen LogP contribution is 2.09. The Balaban J connectivity index is 2.13. The number of hydrogen-bond acceptors (Lipinski definition) is 4. The Morgan fingerprint density at radius 3 is 2.72 bits per heavy atom. The van der Waals surface area contributed by atoms with E-state index >= 15 is 0 Å². The van der Waals surface area contributed by atoms with Gasteiger partial charge >= 0.3 is 0 Å². The Morgan fingerprint density at radius 1 is 1.39 bits per heavy atom. The van der Waals surface area contributed by atoms with E-state index in [2.05, 4.69) is 16.9 Å². The third kappa shape index (κ3) is 2.88. The quantitative estimate of drug-likeness (QED) is 0.764. The highest BCUT2D eigenvalue weighted by atomic mass is 16.1. The zero-order valence-corrected chi connectivity index (χ0v) is 10.6. The van der Waals surface area contributed by atoms with Crippen molar-refractivity contribution >= 4 is 12.4 Å². The molecule has 0 atom stereocenters. The van der Waals surface area contributed by atoms with E-state index in [9.17, 15) is 9.59 Å². The maximum atomic E-state index is 11.6. The number of nitrogens with one attached hydrogen (secondary N) is 1. The predicted molar refractivity (Wildman–Crippen MR) is 68.7 cm³/mol. The van der Waals surface area contributed by atoms with Crippen molar-refractivity contribution in [2.75, 3.05) is 31.1 Å². The van der Waals surface area contributed by atoms with Crippen LogP contribution in [0.3, 0.4) is 0 Å². The fourth-order valence-corrected chi connectivity index (χ4v) is 2.07. The lowest BCUT2D eigenvalue weighted by molar-refractivity contribution is -0.118. The molecule has 0 unspecified atom stereocenters. The SMILES string of the molecule is CCCc1cc(=O)[nH]c(N2CCN(C=O)CC2)n1. The van der Waals surface area contributed by atoms with Gasteiger partial charge in [-0.3, -0.25) is 14.6 Å². The highest BCUT2D eigenvalue weighted by molar-refractivity contribution is 5.48. The second-order valence-corrected chi connectivity index (χ2v) is 4.44. The monoisotopic (exact) mass is 250 g/mol. The molecule has 98 valence electrons. The van der Waals surface area contributed by atoms with Gasteiger partial charge in [-0.05, 0) is 6.42 Å². The minimum Gasteiger partial charge on any atom is -0.342 e. The van der Waals surface area contributed by atoms with Crippen LogP contribution in [0.25, 0.3) is 0 Å². The number of anilines is 1. The number of nitrogens with zero attached hydrogens (tertiary/aromatic N) is 3. The zero-order valence-electron chi connectivity index (χ0n) is 10.6. The number of carbonyl (C=O) groups excluding carboxylic acids is 1. The van der Waals surface area contributed by atoms with E-state index in [0.717, 1.165) is 24.9 Å². The molecule has 2 rings (SSSR count). The molecule has 0 spiro atoms. The van der Waals surface area contributed by atoms with Gasteiger partial charge in [0.15, 0.2) is 0 Å². The standard InChI is InChI=1S/C12H18N4O2/c1-2-3-10-8-11(18)14-12(13-10)16-6-4-15(9-17)5-7-16/h8-9H,2-7H2,1H3,(H,13,14,18). The molecule has 1 aromatic rings. The molecule has 1 N–H and O–H groups in total. The molecular weight excluding hydrogens is 232 g/mol. The molecule has 0 bridgehead atoms. The Hall–Kier alpha value is -1.85. The summed E-state index contributed by atoms with van der Waals surface area (Å²) < 4.78 is 0. The molecular formula is C12H18N4O2. The third-order valence-corrected chi connectivity index (χ3v) is 3.05. The van der Waals surface area contributed by atoms with Gasteiger partial charge in [-0.25, -0.2) is 4.98 Å². The van der Waals surface area contributed by atoms with Gasteiger partial charge in [0.1, 0.15) is 0 Å². The van der Waals surface area contributed by atoms with Crippen molar-refractivity contribution in [3.05, 3.63) is 22.1 Å². The molecule has 1 fully saturated rings. The number of aromatic amines is 1. The van der Waals surface area contributed by atoms with Gasteiger partial charge in [-0.15, -0.1) is 0 Å². The molecule has 0 aromatic carbocycles. The van der Waals surface area contributed by atoms with E-state index in [1.807, 2.05) is 4.90 Å². The van der Waals surface area contributed by atoms with E-state index < -0.39 is 0 Å². The number of amides is 1. The Kier molecular flexibility index (Phi) is 3.96. The number of H-pyrrole nitrogens is 1. The second kappa shape index (κ2) is 5.66. The van der Waals surface area contributed by atoms with Gasteiger partial charge in [0, 0.05) is 37.9 Å². The highest BCUT2D eigenvalue weighted by Gasteiger charge is 2.17. The van der Waals surface area contributed by atoms with Crippen LogP contribution in [0.1, 0.15) is 19.0 Å². The topological polar surface area (TPSA) is 69.3 Å². The van der Waals surface area contributed by atoms with Crippen molar-refractivity contribution in [2.45, 2.75) is 19.8 Å². The summed E-state index contributed by atoms with van der Waals surface area (Å²) in [5.74, 6) is 0.622. The second-order valence-electron chi connectivity index (χ2n) is 4.44. The lowest BCUT2D eigenvalue weighted by Crippen LogP contribution is -2.46. The van der Waals surface area contributed by atoms with Crippen molar-refractivity contribution in [1.82, 2.24) is 14.9 Å². The first-order valence-corrected chi connectivity index (χ1v) is 6.27. The molecule has 0 aliphatic carbocycles.